The Kier molecular flexibility index (Phi) is 2.60. The first kappa shape index (κ1) is 8.21. The molecule has 0 heterocycles. The lowest BCUT2D eigenvalue weighted by atomic mass is 10.3. The highest BCUT2D eigenvalue weighted by Gasteiger charge is 2.04. The molecule has 3 heteroatoms. The van der Waals surface area contributed by atoms with E-state index in [9.17, 15) is 0 Å². The molecule has 0 aliphatic rings. The summed E-state index contributed by atoms with van der Waals surface area (Å²) in [5.74, 6) is 1.15. The van der Waals surface area contributed by atoms with Gasteiger partial charge >= 0.3 is 0 Å². The summed E-state index contributed by atoms with van der Waals surface area (Å²) >= 11 is 5.84. The smallest absolute Gasteiger partial charge is 0.141 e. The van der Waals surface area contributed by atoms with E-state index >= 15 is 0 Å². The Bertz CT molecular complexity index is 226. The van der Waals surface area contributed by atoms with Crippen molar-refractivity contribution in [3.63, 3.8) is 0 Å². The number of benzene rings is 1. The van der Waals surface area contributed by atoms with Crippen molar-refractivity contribution in [3.8, 4) is 11.5 Å². The highest BCUT2D eigenvalue weighted by atomic mass is 35.5. The molecular formula is C8H8ClO2. The summed E-state index contributed by atoms with van der Waals surface area (Å²) in [5.41, 5.74) is 0. The van der Waals surface area contributed by atoms with Gasteiger partial charge in [0.25, 0.3) is 0 Å². The minimum atomic E-state index is 0.480. The molecule has 0 bridgehead atoms. The Labute approximate surface area is 70.7 Å². The van der Waals surface area contributed by atoms with Crippen molar-refractivity contribution < 1.29 is 9.47 Å². The van der Waals surface area contributed by atoms with E-state index in [0.29, 0.717) is 16.5 Å². The second-order valence-corrected chi connectivity index (χ2v) is 2.28. The van der Waals surface area contributed by atoms with Crippen LogP contribution in [0.15, 0.2) is 12.1 Å². The fraction of sp³-hybridized carbons (Fsp3) is 0.250. The average molecular weight is 172 g/mol. The van der Waals surface area contributed by atoms with Crippen LogP contribution in [-0.4, -0.2) is 14.2 Å². The molecule has 0 amide bonds. The second kappa shape index (κ2) is 3.49. The molecule has 0 aliphatic carbocycles. The number of hydrogen-bond acceptors (Lipinski definition) is 2. The van der Waals surface area contributed by atoms with Gasteiger partial charge in [0, 0.05) is 0 Å². The maximum absolute atomic E-state index is 5.84. The van der Waals surface area contributed by atoms with Gasteiger partial charge in [-0.15, -0.1) is 0 Å². The summed E-state index contributed by atoms with van der Waals surface area (Å²) in [4.78, 5) is 0. The second-order valence-electron chi connectivity index (χ2n) is 1.91. The van der Waals surface area contributed by atoms with Crippen molar-refractivity contribution in [2.45, 2.75) is 0 Å². The lowest BCUT2D eigenvalue weighted by Crippen LogP contribution is -1.88. The molecule has 59 valence electrons. The first-order chi connectivity index (χ1) is 5.29. The van der Waals surface area contributed by atoms with Gasteiger partial charge < -0.3 is 9.47 Å². The predicted octanol–water partition coefficient (Wildman–Crippen LogP) is 2.16. The molecule has 11 heavy (non-hydrogen) atoms. The van der Waals surface area contributed by atoms with Gasteiger partial charge in [0.05, 0.1) is 14.2 Å². The minimum Gasteiger partial charge on any atom is -0.495 e. The molecule has 0 N–H and O–H groups in total. The molecule has 0 saturated carbocycles. The van der Waals surface area contributed by atoms with Crippen LogP contribution in [-0.2, 0) is 0 Å². The molecular weight excluding hydrogens is 164 g/mol. The summed E-state index contributed by atoms with van der Waals surface area (Å²) < 4.78 is 9.89. The molecule has 0 saturated heterocycles. The van der Waals surface area contributed by atoms with Crippen LogP contribution in [0.2, 0.25) is 5.02 Å². The zero-order chi connectivity index (χ0) is 8.27. The summed E-state index contributed by atoms with van der Waals surface area (Å²) in [6.45, 7) is 0. The number of rotatable bonds is 2. The van der Waals surface area contributed by atoms with Crippen LogP contribution in [0, 0.1) is 6.07 Å². The zero-order valence-corrected chi connectivity index (χ0v) is 7.11. The lowest BCUT2D eigenvalue weighted by molar-refractivity contribution is 0.394. The Morgan fingerprint density at radius 3 is 2.00 bits per heavy atom. The largest absolute Gasteiger partial charge is 0.495 e. The first-order valence-electron chi connectivity index (χ1n) is 3.07. The van der Waals surface area contributed by atoms with E-state index in [1.54, 1.807) is 26.4 Å². The van der Waals surface area contributed by atoms with Crippen LogP contribution >= 0.6 is 11.6 Å². The van der Waals surface area contributed by atoms with Crippen molar-refractivity contribution in [2.24, 2.45) is 0 Å². The highest BCUT2D eigenvalue weighted by Crippen LogP contribution is 2.32. The number of halogens is 1. The van der Waals surface area contributed by atoms with Crippen LogP contribution < -0.4 is 9.47 Å². The number of hydrogen-bond donors (Lipinski definition) is 0. The van der Waals surface area contributed by atoms with Crippen molar-refractivity contribution in [3.05, 3.63) is 23.2 Å². The van der Waals surface area contributed by atoms with Crippen LogP contribution in [0.3, 0.4) is 0 Å². The van der Waals surface area contributed by atoms with E-state index in [0.717, 1.165) is 0 Å². The normalized spacial score (nSPS) is 9.36. The molecule has 0 aliphatic heterocycles. The molecule has 2 nitrogen and oxygen atoms in total. The molecule has 1 radical (unpaired) electrons. The van der Waals surface area contributed by atoms with E-state index in [2.05, 4.69) is 6.07 Å². The van der Waals surface area contributed by atoms with E-state index in [-0.39, 0.29) is 0 Å². The molecule has 0 atom stereocenters. The van der Waals surface area contributed by atoms with Gasteiger partial charge in [-0.3, -0.25) is 0 Å². The standard InChI is InChI=1S/C8H8ClO2/c1-10-6-4-3-5-7(11-2)8(6)9/h4-5H,1-2H3. The first-order valence-corrected chi connectivity index (χ1v) is 3.45. The van der Waals surface area contributed by atoms with Crippen LogP contribution in [0.4, 0.5) is 0 Å². The third-order valence-corrected chi connectivity index (χ3v) is 1.67. The molecule has 1 aromatic carbocycles. The van der Waals surface area contributed by atoms with E-state index < -0.39 is 0 Å². The van der Waals surface area contributed by atoms with Gasteiger partial charge in [-0.1, -0.05) is 11.6 Å². The topological polar surface area (TPSA) is 18.5 Å². The third-order valence-electron chi connectivity index (χ3n) is 1.30. The van der Waals surface area contributed by atoms with Gasteiger partial charge in [-0.2, -0.15) is 0 Å². The molecule has 1 rings (SSSR count). The summed E-state index contributed by atoms with van der Waals surface area (Å²) in [6.07, 6.45) is 0. The Balaban J connectivity index is 3.10. The molecule has 0 spiro atoms. The maximum Gasteiger partial charge on any atom is 0.141 e. The van der Waals surface area contributed by atoms with Crippen molar-refractivity contribution in [1.82, 2.24) is 0 Å². The van der Waals surface area contributed by atoms with Crippen LogP contribution in [0.25, 0.3) is 0 Å². The quantitative estimate of drug-likeness (QED) is 0.679. The Hall–Kier alpha value is -0.890. The predicted molar refractivity (Wildman–Crippen MR) is 43.4 cm³/mol. The fourth-order valence-corrected chi connectivity index (χ4v) is 1.00. The number of ether oxygens (including phenoxy) is 2. The van der Waals surface area contributed by atoms with Gasteiger partial charge in [0.1, 0.15) is 16.5 Å². The third kappa shape index (κ3) is 1.57. The van der Waals surface area contributed by atoms with Crippen LogP contribution in [0.5, 0.6) is 11.5 Å². The Morgan fingerprint density at radius 2 is 1.64 bits per heavy atom. The maximum atomic E-state index is 5.84. The monoisotopic (exact) mass is 171 g/mol. The highest BCUT2D eigenvalue weighted by molar-refractivity contribution is 6.33. The van der Waals surface area contributed by atoms with Gasteiger partial charge in [0.15, 0.2) is 0 Å². The van der Waals surface area contributed by atoms with Gasteiger partial charge in [-0.25, -0.2) is 0 Å². The SMILES string of the molecule is COc1c[c]cc(OC)c1Cl. The average Bonchev–Trinajstić information content (AvgIpc) is 2.05. The molecule has 0 aromatic heterocycles. The summed E-state index contributed by atoms with van der Waals surface area (Å²) in [7, 11) is 3.10. The molecule has 0 unspecified atom stereocenters. The van der Waals surface area contributed by atoms with Crippen molar-refractivity contribution in [1.29, 1.82) is 0 Å². The number of methoxy groups -OCH3 is 2. The lowest BCUT2D eigenvalue weighted by Gasteiger charge is -2.05. The zero-order valence-electron chi connectivity index (χ0n) is 6.35. The van der Waals surface area contributed by atoms with Crippen LogP contribution in [0.1, 0.15) is 0 Å². The van der Waals surface area contributed by atoms with Gasteiger partial charge in [0.2, 0.25) is 0 Å². The fourth-order valence-electron chi connectivity index (χ4n) is 0.738. The summed E-state index contributed by atoms with van der Waals surface area (Å²) in [6, 6.07) is 6.15. The van der Waals surface area contributed by atoms with E-state index in [1.807, 2.05) is 0 Å². The van der Waals surface area contributed by atoms with Gasteiger partial charge in [-0.05, 0) is 18.2 Å². The minimum absolute atomic E-state index is 0.480. The van der Waals surface area contributed by atoms with E-state index in [4.69, 9.17) is 21.1 Å². The summed E-state index contributed by atoms with van der Waals surface area (Å²) in [5, 5.41) is 0.480. The van der Waals surface area contributed by atoms with E-state index in [1.165, 1.54) is 0 Å². The molecule has 1 aromatic rings. The molecule has 0 fully saturated rings. The van der Waals surface area contributed by atoms with Crippen molar-refractivity contribution >= 4 is 11.6 Å². The van der Waals surface area contributed by atoms with Crippen molar-refractivity contribution in [2.75, 3.05) is 14.2 Å². The Morgan fingerprint density at radius 1 is 1.18 bits per heavy atom.